The SMILES string of the molecule is Cc1nnc(-c2ccncc2F)o1. The molecule has 0 spiro atoms. The highest BCUT2D eigenvalue weighted by Gasteiger charge is 2.10. The van der Waals surface area contributed by atoms with E-state index in [-0.39, 0.29) is 11.5 Å². The summed E-state index contributed by atoms with van der Waals surface area (Å²) < 4.78 is 18.2. The molecule has 0 aliphatic heterocycles. The first-order chi connectivity index (χ1) is 6.27. The maximum absolute atomic E-state index is 13.1. The second-order valence-electron chi connectivity index (χ2n) is 2.48. The number of pyridine rings is 1. The first-order valence-corrected chi connectivity index (χ1v) is 3.67. The minimum Gasteiger partial charge on any atom is -0.421 e. The average molecular weight is 179 g/mol. The lowest BCUT2D eigenvalue weighted by atomic mass is 10.2. The predicted octanol–water partition coefficient (Wildman–Crippen LogP) is 1.58. The van der Waals surface area contributed by atoms with E-state index in [1.54, 1.807) is 6.92 Å². The van der Waals surface area contributed by atoms with Gasteiger partial charge in [0.25, 0.3) is 5.89 Å². The summed E-state index contributed by atoms with van der Waals surface area (Å²) in [4.78, 5) is 3.61. The summed E-state index contributed by atoms with van der Waals surface area (Å²) in [6, 6.07) is 1.49. The molecular formula is C8H6FN3O. The molecule has 2 heterocycles. The highest BCUT2D eigenvalue weighted by Crippen LogP contribution is 2.19. The van der Waals surface area contributed by atoms with Gasteiger partial charge in [0.15, 0.2) is 5.82 Å². The summed E-state index contributed by atoms with van der Waals surface area (Å²) in [6.07, 6.45) is 2.58. The van der Waals surface area contributed by atoms with Crippen LogP contribution in [-0.4, -0.2) is 15.2 Å². The Labute approximate surface area is 73.4 Å². The largest absolute Gasteiger partial charge is 0.421 e. The van der Waals surface area contributed by atoms with Crippen LogP contribution in [0.2, 0.25) is 0 Å². The van der Waals surface area contributed by atoms with Gasteiger partial charge < -0.3 is 4.42 Å². The fraction of sp³-hybridized carbons (Fsp3) is 0.125. The molecule has 0 saturated heterocycles. The first-order valence-electron chi connectivity index (χ1n) is 3.67. The molecular weight excluding hydrogens is 173 g/mol. The Morgan fingerprint density at radius 3 is 2.85 bits per heavy atom. The van der Waals surface area contributed by atoms with E-state index < -0.39 is 5.82 Å². The number of aromatic nitrogens is 3. The minimum atomic E-state index is -0.467. The molecule has 2 aromatic rings. The van der Waals surface area contributed by atoms with E-state index in [9.17, 15) is 4.39 Å². The number of rotatable bonds is 1. The van der Waals surface area contributed by atoms with Crippen LogP contribution in [0.4, 0.5) is 4.39 Å². The average Bonchev–Trinajstić information content (AvgIpc) is 2.53. The molecule has 0 saturated carbocycles. The Bertz CT molecular complexity index is 427. The second kappa shape index (κ2) is 2.93. The maximum Gasteiger partial charge on any atom is 0.250 e. The van der Waals surface area contributed by atoms with Gasteiger partial charge in [0.2, 0.25) is 5.89 Å². The number of hydrogen-bond acceptors (Lipinski definition) is 4. The van der Waals surface area contributed by atoms with Crippen LogP contribution in [0, 0.1) is 12.7 Å². The van der Waals surface area contributed by atoms with Crippen LogP contribution in [0.5, 0.6) is 0 Å². The minimum absolute atomic E-state index is 0.178. The monoisotopic (exact) mass is 179 g/mol. The lowest BCUT2D eigenvalue weighted by Crippen LogP contribution is -1.85. The van der Waals surface area contributed by atoms with E-state index in [1.807, 2.05) is 0 Å². The fourth-order valence-electron chi connectivity index (χ4n) is 0.954. The van der Waals surface area contributed by atoms with Crippen molar-refractivity contribution in [1.82, 2.24) is 15.2 Å². The molecule has 0 aromatic carbocycles. The van der Waals surface area contributed by atoms with Crippen LogP contribution in [0.15, 0.2) is 22.9 Å². The molecule has 0 amide bonds. The molecule has 0 aliphatic carbocycles. The molecule has 0 unspecified atom stereocenters. The van der Waals surface area contributed by atoms with Crippen molar-refractivity contribution < 1.29 is 8.81 Å². The number of halogens is 1. The van der Waals surface area contributed by atoms with Crippen LogP contribution < -0.4 is 0 Å². The molecule has 13 heavy (non-hydrogen) atoms. The van der Waals surface area contributed by atoms with E-state index in [4.69, 9.17) is 4.42 Å². The zero-order valence-electron chi connectivity index (χ0n) is 6.86. The lowest BCUT2D eigenvalue weighted by Gasteiger charge is -1.93. The lowest BCUT2D eigenvalue weighted by molar-refractivity contribution is 0.526. The number of nitrogens with zero attached hydrogens (tertiary/aromatic N) is 3. The van der Waals surface area contributed by atoms with E-state index in [0.717, 1.165) is 6.20 Å². The third kappa shape index (κ3) is 1.40. The summed E-state index contributed by atoms with van der Waals surface area (Å²) in [5.41, 5.74) is 0.274. The fourth-order valence-corrected chi connectivity index (χ4v) is 0.954. The molecule has 5 heteroatoms. The highest BCUT2D eigenvalue weighted by molar-refractivity contribution is 5.51. The Kier molecular flexibility index (Phi) is 1.77. The van der Waals surface area contributed by atoms with Crippen molar-refractivity contribution in [3.8, 4) is 11.5 Å². The molecule has 2 aromatic heterocycles. The third-order valence-electron chi connectivity index (χ3n) is 1.53. The van der Waals surface area contributed by atoms with Crippen molar-refractivity contribution in [1.29, 1.82) is 0 Å². The smallest absolute Gasteiger partial charge is 0.250 e. The summed E-state index contributed by atoms with van der Waals surface area (Å²) in [5, 5.41) is 7.29. The molecule has 0 radical (unpaired) electrons. The third-order valence-corrected chi connectivity index (χ3v) is 1.53. The van der Waals surface area contributed by atoms with Gasteiger partial charge in [-0.2, -0.15) is 0 Å². The quantitative estimate of drug-likeness (QED) is 0.666. The molecule has 0 bridgehead atoms. The highest BCUT2D eigenvalue weighted by atomic mass is 19.1. The van der Waals surface area contributed by atoms with Crippen LogP contribution >= 0.6 is 0 Å². The summed E-state index contributed by atoms with van der Waals surface area (Å²) in [7, 11) is 0. The van der Waals surface area contributed by atoms with Gasteiger partial charge in [-0.05, 0) is 6.07 Å². The van der Waals surface area contributed by atoms with E-state index in [2.05, 4.69) is 15.2 Å². The Morgan fingerprint density at radius 2 is 2.23 bits per heavy atom. The van der Waals surface area contributed by atoms with Crippen LogP contribution in [0.25, 0.3) is 11.5 Å². The number of aryl methyl sites for hydroxylation is 1. The Hall–Kier alpha value is -1.78. The van der Waals surface area contributed by atoms with Crippen molar-refractivity contribution in [2.75, 3.05) is 0 Å². The van der Waals surface area contributed by atoms with Gasteiger partial charge in [-0.25, -0.2) is 4.39 Å². The molecule has 66 valence electrons. The Morgan fingerprint density at radius 1 is 1.38 bits per heavy atom. The zero-order valence-corrected chi connectivity index (χ0v) is 6.86. The first kappa shape index (κ1) is 7.85. The van der Waals surface area contributed by atoms with Gasteiger partial charge in [-0.15, -0.1) is 10.2 Å². The summed E-state index contributed by atoms with van der Waals surface area (Å²) in [5.74, 6) is 0.120. The van der Waals surface area contributed by atoms with Crippen molar-refractivity contribution in [3.05, 3.63) is 30.2 Å². The van der Waals surface area contributed by atoms with Gasteiger partial charge in [0.05, 0.1) is 11.8 Å². The molecule has 0 atom stereocenters. The van der Waals surface area contributed by atoms with Gasteiger partial charge in [-0.1, -0.05) is 0 Å². The predicted molar refractivity (Wildman–Crippen MR) is 42.2 cm³/mol. The number of hydrogen-bond donors (Lipinski definition) is 0. The van der Waals surface area contributed by atoms with E-state index >= 15 is 0 Å². The molecule has 4 nitrogen and oxygen atoms in total. The Balaban J connectivity index is 2.52. The summed E-state index contributed by atoms with van der Waals surface area (Å²) >= 11 is 0. The van der Waals surface area contributed by atoms with Crippen LogP contribution in [0.1, 0.15) is 5.89 Å². The van der Waals surface area contributed by atoms with E-state index in [0.29, 0.717) is 5.89 Å². The standard InChI is InChI=1S/C8H6FN3O/c1-5-11-12-8(13-5)6-2-3-10-4-7(6)9/h2-4H,1H3. The maximum atomic E-state index is 13.1. The van der Waals surface area contributed by atoms with Gasteiger partial charge in [-0.3, -0.25) is 4.98 Å². The van der Waals surface area contributed by atoms with Gasteiger partial charge in [0.1, 0.15) is 0 Å². The van der Waals surface area contributed by atoms with Crippen LogP contribution in [-0.2, 0) is 0 Å². The molecule has 0 fully saturated rings. The normalized spacial score (nSPS) is 10.3. The van der Waals surface area contributed by atoms with Crippen molar-refractivity contribution in [3.63, 3.8) is 0 Å². The second-order valence-corrected chi connectivity index (χ2v) is 2.48. The molecule has 2 rings (SSSR count). The van der Waals surface area contributed by atoms with Gasteiger partial charge in [0, 0.05) is 13.1 Å². The van der Waals surface area contributed by atoms with Crippen molar-refractivity contribution in [2.24, 2.45) is 0 Å². The summed E-state index contributed by atoms with van der Waals surface area (Å²) in [6.45, 7) is 1.65. The van der Waals surface area contributed by atoms with Crippen LogP contribution in [0.3, 0.4) is 0 Å². The topological polar surface area (TPSA) is 51.8 Å². The molecule has 0 aliphatic rings. The van der Waals surface area contributed by atoms with Crippen molar-refractivity contribution in [2.45, 2.75) is 6.92 Å². The zero-order chi connectivity index (χ0) is 9.26. The molecule has 0 N–H and O–H groups in total. The van der Waals surface area contributed by atoms with Crippen molar-refractivity contribution >= 4 is 0 Å². The van der Waals surface area contributed by atoms with Gasteiger partial charge >= 0.3 is 0 Å². The van der Waals surface area contributed by atoms with E-state index in [1.165, 1.54) is 12.3 Å².